The highest BCUT2D eigenvalue weighted by atomic mass is 16.3. The average Bonchev–Trinajstić information content (AvgIpc) is 2.37. The van der Waals surface area contributed by atoms with Crippen LogP contribution in [0.1, 0.15) is 10.5 Å². The summed E-state index contributed by atoms with van der Waals surface area (Å²) in [7, 11) is 0. The predicted molar refractivity (Wildman–Crippen MR) is 61.8 cm³/mol. The number of carbonyl (C=O) groups excluding carboxylic acids is 1. The maximum Gasteiger partial charge on any atom is 0.272 e. The number of benzene rings is 1. The summed E-state index contributed by atoms with van der Waals surface area (Å²) < 4.78 is 0. The van der Waals surface area contributed by atoms with Crippen LogP contribution in [0.25, 0.3) is 10.8 Å². The van der Waals surface area contributed by atoms with Crippen molar-refractivity contribution in [1.29, 1.82) is 0 Å². The molecule has 0 spiro atoms. The second kappa shape index (κ2) is 4.75. The molecule has 0 fully saturated rings. The standard InChI is InChI=1S/C11H11N3O3/c15-6-5-12-11(17)9-7-3-1-2-4-8(7)10(16)14-13-9/h1-4,15H,5-6H2,(H,12,17)(H,14,16). The summed E-state index contributed by atoms with van der Waals surface area (Å²) in [4.78, 5) is 23.2. The van der Waals surface area contributed by atoms with E-state index in [-0.39, 0.29) is 24.4 Å². The van der Waals surface area contributed by atoms with Gasteiger partial charge < -0.3 is 10.4 Å². The fraction of sp³-hybridized carbons (Fsp3) is 0.182. The third kappa shape index (κ3) is 2.16. The molecule has 1 aromatic carbocycles. The van der Waals surface area contributed by atoms with E-state index >= 15 is 0 Å². The zero-order chi connectivity index (χ0) is 12.3. The summed E-state index contributed by atoms with van der Waals surface area (Å²) in [5.41, 5.74) is -0.187. The first-order chi connectivity index (χ1) is 8.24. The smallest absolute Gasteiger partial charge is 0.272 e. The van der Waals surface area contributed by atoms with Gasteiger partial charge in [0, 0.05) is 11.9 Å². The molecule has 3 N–H and O–H groups in total. The van der Waals surface area contributed by atoms with Gasteiger partial charge in [-0.1, -0.05) is 18.2 Å². The second-order valence-electron chi connectivity index (χ2n) is 3.43. The number of aromatic amines is 1. The third-order valence-corrected chi connectivity index (χ3v) is 2.31. The van der Waals surface area contributed by atoms with Gasteiger partial charge in [0.05, 0.1) is 12.0 Å². The summed E-state index contributed by atoms with van der Waals surface area (Å²) in [5, 5.41) is 18.0. The molecule has 1 amide bonds. The van der Waals surface area contributed by atoms with Gasteiger partial charge in [-0.2, -0.15) is 5.10 Å². The van der Waals surface area contributed by atoms with Crippen LogP contribution in [0.3, 0.4) is 0 Å². The van der Waals surface area contributed by atoms with Crippen molar-refractivity contribution in [3.63, 3.8) is 0 Å². The lowest BCUT2D eigenvalue weighted by Gasteiger charge is -2.04. The quantitative estimate of drug-likeness (QED) is 0.675. The van der Waals surface area contributed by atoms with Gasteiger partial charge in [-0.15, -0.1) is 0 Å². The molecule has 17 heavy (non-hydrogen) atoms. The Bertz CT molecular complexity index is 606. The van der Waals surface area contributed by atoms with E-state index in [4.69, 9.17) is 5.11 Å². The third-order valence-electron chi connectivity index (χ3n) is 2.31. The van der Waals surface area contributed by atoms with E-state index < -0.39 is 5.91 Å². The predicted octanol–water partition coefficient (Wildman–Crippen LogP) is -0.355. The van der Waals surface area contributed by atoms with Crippen LogP contribution in [0.4, 0.5) is 0 Å². The van der Waals surface area contributed by atoms with Crippen molar-refractivity contribution >= 4 is 16.7 Å². The van der Waals surface area contributed by atoms with Crippen molar-refractivity contribution in [3.05, 3.63) is 40.3 Å². The molecule has 0 aliphatic heterocycles. The van der Waals surface area contributed by atoms with Crippen molar-refractivity contribution < 1.29 is 9.90 Å². The Morgan fingerprint density at radius 2 is 2.06 bits per heavy atom. The number of H-pyrrole nitrogens is 1. The Labute approximate surface area is 96.3 Å². The number of nitrogens with zero attached hydrogens (tertiary/aromatic N) is 1. The summed E-state index contributed by atoms with van der Waals surface area (Å²) in [6.45, 7) is 0.000985. The van der Waals surface area contributed by atoms with Gasteiger partial charge >= 0.3 is 0 Å². The number of aromatic nitrogens is 2. The highest BCUT2D eigenvalue weighted by molar-refractivity contribution is 6.04. The van der Waals surface area contributed by atoms with Crippen LogP contribution in [0, 0.1) is 0 Å². The largest absolute Gasteiger partial charge is 0.395 e. The number of nitrogens with one attached hydrogen (secondary N) is 2. The summed E-state index contributed by atoms with van der Waals surface area (Å²) in [6, 6.07) is 6.73. The molecule has 6 heteroatoms. The van der Waals surface area contributed by atoms with Gasteiger partial charge in [-0.25, -0.2) is 5.10 Å². The fourth-order valence-electron chi connectivity index (χ4n) is 1.54. The number of aliphatic hydroxyl groups is 1. The van der Waals surface area contributed by atoms with E-state index in [0.717, 1.165) is 0 Å². The Kier molecular flexibility index (Phi) is 3.15. The van der Waals surface area contributed by atoms with Crippen molar-refractivity contribution in [1.82, 2.24) is 15.5 Å². The molecule has 0 aliphatic rings. The van der Waals surface area contributed by atoms with Crippen molar-refractivity contribution in [2.24, 2.45) is 0 Å². The average molecular weight is 233 g/mol. The van der Waals surface area contributed by atoms with E-state index in [9.17, 15) is 9.59 Å². The highest BCUT2D eigenvalue weighted by Crippen LogP contribution is 2.11. The van der Waals surface area contributed by atoms with Gasteiger partial charge in [-0.3, -0.25) is 9.59 Å². The maximum absolute atomic E-state index is 11.7. The van der Waals surface area contributed by atoms with Crippen molar-refractivity contribution in [2.45, 2.75) is 0 Å². The Balaban J connectivity index is 2.52. The molecule has 6 nitrogen and oxygen atoms in total. The Morgan fingerprint density at radius 1 is 1.35 bits per heavy atom. The molecule has 2 rings (SSSR count). The van der Waals surface area contributed by atoms with Gasteiger partial charge in [0.1, 0.15) is 0 Å². The molecule has 1 heterocycles. The van der Waals surface area contributed by atoms with Crippen molar-refractivity contribution in [3.8, 4) is 0 Å². The summed E-state index contributed by atoms with van der Waals surface area (Å²) in [5.74, 6) is -0.425. The Morgan fingerprint density at radius 3 is 2.76 bits per heavy atom. The van der Waals surface area contributed by atoms with Crippen LogP contribution in [0.2, 0.25) is 0 Å². The number of rotatable bonds is 3. The van der Waals surface area contributed by atoms with E-state index in [1.807, 2.05) is 0 Å². The fourth-order valence-corrected chi connectivity index (χ4v) is 1.54. The molecule has 2 aromatic rings. The minimum atomic E-state index is -0.425. The molecule has 0 aliphatic carbocycles. The molecular formula is C11H11N3O3. The van der Waals surface area contributed by atoms with Gasteiger partial charge in [0.25, 0.3) is 11.5 Å². The van der Waals surface area contributed by atoms with Crippen molar-refractivity contribution in [2.75, 3.05) is 13.2 Å². The lowest BCUT2D eigenvalue weighted by atomic mass is 10.1. The van der Waals surface area contributed by atoms with Gasteiger partial charge in [0.2, 0.25) is 0 Å². The molecule has 0 bridgehead atoms. The van der Waals surface area contributed by atoms with Crippen LogP contribution < -0.4 is 10.9 Å². The molecule has 0 radical (unpaired) electrons. The first-order valence-electron chi connectivity index (χ1n) is 5.10. The van der Waals surface area contributed by atoms with E-state index in [1.165, 1.54) is 0 Å². The second-order valence-corrected chi connectivity index (χ2v) is 3.43. The molecule has 0 saturated carbocycles. The molecule has 0 atom stereocenters. The molecule has 88 valence electrons. The van der Waals surface area contributed by atoms with Crippen LogP contribution in [0.15, 0.2) is 29.1 Å². The van der Waals surface area contributed by atoms with E-state index in [2.05, 4.69) is 15.5 Å². The SMILES string of the molecule is O=C(NCCO)c1n[nH]c(=O)c2ccccc12. The first kappa shape index (κ1) is 11.3. The number of amides is 1. The number of fused-ring (bicyclic) bond motifs is 1. The van der Waals surface area contributed by atoms with Crippen LogP contribution in [0.5, 0.6) is 0 Å². The number of hydrogen-bond acceptors (Lipinski definition) is 4. The molecular weight excluding hydrogens is 222 g/mol. The first-order valence-corrected chi connectivity index (χ1v) is 5.10. The minimum absolute atomic E-state index is 0.146. The molecule has 1 aromatic heterocycles. The van der Waals surface area contributed by atoms with E-state index in [0.29, 0.717) is 10.8 Å². The van der Waals surface area contributed by atoms with Gasteiger partial charge in [-0.05, 0) is 6.07 Å². The lowest BCUT2D eigenvalue weighted by Crippen LogP contribution is -2.28. The van der Waals surface area contributed by atoms with E-state index in [1.54, 1.807) is 24.3 Å². The van der Waals surface area contributed by atoms with Crippen LogP contribution >= 0.6 is 0 Å². The number of aliphatic hydroxyl groups excluding tert-OH is 1. The molecule has 0 saturated heterocycles. The Hall–Kier alpha value is -2.21. The van der Waals surface area contributed by atoms with Crippen LogP contribution in [-0.2, 0) is 0 Å². The monoisotopic (exact) mass is 233 g/mol. The van der Waals surface area contributed by atoms with Gasteiger partial charge in [0.15, 0.2) is 5.69 Å². The number of hydrogen-bond donors (Lipinski definition) is 3. The van der Waals surface area contributed by atoms with Crippen LogP contribution in [-0.4, -0.2) is 34.4 Å². The summed E-state index contributed by atoms with van der Waals surface area (Å²) in [6.07, 6.45) is 0. The molecule has 0 unspecified atom stereocenters. The highest BCUT2D eigenvalue weighted by Gasteiger charge is 2.12. The minimum Gasteiger partial charge on any atom is -0.395 e. The zero-order valence-corrected chi connectivity index (χ0v) is 8.93. The number of carbonyl (C=O) groups is 1. The topological polar surface area (TPSA) is 95.1 Å². The maximum atomic E-state index is 11.7. The zero-order valence-electron chi connectivity index (χ0n) is 8.93. The lowest BCUT2D eigenvalue weighted by molar-refractivity contribution is 0.0940. The summed E-state index contributed by atoms with van der Waals surface area (Å²) >= 11 is 0. The normalized spacial score (nSPS) is 10.4.